The van der Waals surface area contributed by atoms with Crippen molar-refractivity contribution >= 4 is 52.2 Å². The van der Waals surface area contributed by atoms with Crippen molar-refractivity contribution in [2.75, 3.05) is 38.1 Å². The molecular weight excluding hydrogens is 509 g/mol. The van der Waals surface area contributed by atoms with Gasteiger partial charge in [-0.25, -0.2) is 0 Å². The van der Waals surface area contributed by atoms with E-state index < -0.39 is 0 Å². The fourth-order valence-corrected chi connectivity index (χ4v) is 4.30. The van der Waals surface area contributed by atoms with Crippen LogP contribution >= 0.6 is 35.3 Å². The highest BCUT2D eigenvalue weighted by molar-refractivity contribution is 14.0. The highest BCUT2D eigenvalue weighted by Gasteiger charge is 2.20. The molecule has 30 heavy (non-hydrogen) atoms. The van der Waals surface area contributed by atoms with Crippen LogP contribution in [0.4, 0.5) is 5.00 Å². The number of rotatable bonds is 7. The second-order valence-electron chi connectivity index (χ2n) is 7.15. The highest BCUT2D eigenvalue weighted by atomic mass is 127. The van der Waals surface area contributed by atoms with Gasteiger partial charge in [0.1, 0.15) is 0 Å². The van der Waals surface area contributed by atoms with Gasteiger partial charge in [-0.2, -0.15) is 0 Å². The number of piperidine rings is 1. The number of aliphatic imine (C=N–C) groups is 1. The third-order valence-corrected chi connectivity index (χ3v) is 6.01. The molecule has 2 aromatic rings. The van der Waals surface area contributed by atoms with E-state index >= 15 is 0 Å². The lowest BCUT2D eigenvalue weighted by Gasteiger charge is -2.33. The Kier molecular flexibility index (Phi) is 10.4. The van der Waals surface area contributed by atoms with E-state index in [9.17, 15) is 4.79 Å². The molecule has 8 heteroatoms. The van der Waals surface area contributed by atoms with Crippen LogP contribution in [0.3, 0.4) is 0 Å². The minimum atomic E-state index is -0.0563. The molecule has 0 bridgehead atoms. The summed E-state index contributed by atoms with van der Waals surface area (Å²) in [5.74, 6) is 0.823. The number of hydrogen-bond donors (Lipinski definition) is 3. The van der Waals surface area contributed by atoms with Gasteiger partial charge in [0.2, 0.25) is 0 Å². The molecule has 1 aliphatic rings. The molecule has 1 aromatic heterocycles. The maximum Gasteiger partial charge on any atom is 0.251 e. The highest BCUT2D eigenvalue weighted by Crippen LogP contribution is 2.24. The second-order valence-corrected chi connectivity index (χ2v) is 8.07. The predicted molar refractivity (Wildman–Crippen MR) is 138 cm³/mol. The summed E-state index contributed by atoms with van der Waals surface area (Å²) < 4.78 is 0. The monoisotopic (exact) mass is 541 g/mol. The molecule has 2 heterocycles. The van der Waals surface area contributed by atoms with Crippen LogP contribution in [-0.4, -0.2) is 51.1 Å². The number of thiophene rings is 1. The van der Waals surface area contributed by atoms with E-state index in [1.165, 1.54) is 5.00 Å². The maximum absolute atomic E-state index is 11.8. The zero-order valence-electron chi connectivity index (χ0n) is 17.7. The molecule has 0 atom stereocenters. The SMILES string of the molecule is CCNC(=NCCc1cccc(C(=O)NC)c1)NC1CCN(c2cccs2)CC1.I. The van der Waals surface area contributed by atoms with Gasteiger partial charge in [0, 0.05) is 44.8 Å². The Bertz CT molecular complexity index is 804. The normalized spacial score (nSPS) is 14.7. The Labute approximate surface area is 200 Å². The molecule has 1 saturated heterocycles. The topological polar surface area (TPSA) is 68.8 Å². The van der Waals surface area contributed by atoms with Crippen LogP contribution in [0.2, 0.25) is 0 Å². The van der Waals surface area contributed by atoms with Crippen molar-refractivity contribution in [1.82, 2.24) is 16.0 Å². The number of guanidine groups is 1. The summed E-state index contributed by atoms with van der Waals surface area (Å²) in [6.45, 7) is 5.75. The van der Waals surface area contributed by atoms with Crippen molar-refractivity contribution < 1.29 is 4.79 Å². The number of carbonyl (C=O) groups is 1. The zero-order chi connectivity index (χ0) is 20.5. The van der Waals surface area contributed by atoms with Gasteiger partial charge in [-0.15, -0.1) is 35.3 Å². The molecule has 1 aliphatic heterocycles. The van der Waals surface area contributed by atoms with Crippen LogP contribution in [0.25, 0.3) is 0 Å². The summed E-state index contributed by atoms with van der Waals surface area (Å²) in [5, 5.41) is 13.1. The Balaban J connectivity index is 0.00000320. The van der Waals surface area contributed by atoms with Gasteiger partial charge < -0.3 is 20.9 Å². The molecule has 1 amide bonds. The van der Waals surface area contributed by atoms with Gasteiger partial charge in [0.15, 0.2) is 5.96 Å². The van der Waals surface area contributed by atoms with Crippen molar-refractivity contribution in [3.8, 4) is 0 Å². The predicted octanol–water partition coefficient (Wildman–Crippen LogP) is 3.49. The Morgan fingerprint density at radius 1 is 1.23 bits per heavy atom. The van der Waals surface area contributed by atoms with Gasteiger partial charge >= 0.3 is 0 Å². The van der Waals surface area contributed by atoms with E-state index in [2.05, 4.69) is 45.3 Å². The molecule has 0 radical (unpaired) electrons. The summed E-state index contributed by atoms with van der Waals surface area (Å²) in [4.78, 5) is 19.0. The van der Waals surface area contributed by atoms with E-state index in [0.717, 1.165) is 50.4 Å². The van der Waals surface area contributed by atoms with E-state index in [1.54, 1.807) is 7.05 Å². The molecule has 3 rings (SSSR count). The number of amides is 1. The summed E-state index contributed by atoms with van der Waals surface area (Å²) in [7, 11) is 1.65. The summed E-state index contributed by atoms with van der Waals surface area (Å²) in [6.07, 6.45) is 3.02. The zero-order valence-corrected chi connectivity index (χ0v) is 20.8. The van der Waals surface area contributed by atoms with Gasteiger partial charge in [0.05, 0.1) is 5.00 Å². The quantitative estimate of drug-likeness (QED) is 0.285. The number of hydrogen-bond acceptors (Lipinski definition) is 4. The van der Waals surface area contributed by atoms with Gasteiger partial charge in [-0.1, -0.05) is 12.1 Å². The van der Waals surface area contributed by atoms with Crippen molar-refractivity contribution in [3.63, 3.8) is 0 Å². The van der Waals surface area contributed by atoms with Gasteiger partial charge in [-0.3, -0.25) is 9.79 Å². The van der Waals surface area contributed by atoms with Crippen LogP contribution < -0.4 is 20.9 Å². The van der Waals surface area contributed by atoms with Crippen molar-refractivity contribution in [3.05, 3.63) is 52.9 Å². The molecule has 1 fully saturated rings. The number of benzene rings is 1. The number of nitrogens with zero attached hydrogens (tertiary/aromatic N) is 2. The van der Waals surface area contributed by atoms with Crippen LogP contribution in [0.5, 0.6) is 0 Å². The summed E-state index contributed by atoms with van der Waals surface area (Å²) in [5.41, 5.74) is 1.81. The van der Waals surface area contributed by atoms with E-state index in [-0.39, 0.29) is 29.9 Å². The van der Waals surface area contributed by atoms with Crippen LogP contribution in [0.15, 0.2) is 46.8 Å². The second kappa shape index (κ2) is 12.8. The van der Waals surface area contributed by atoms with E-state index in [0.29, 0.717) is 18.2 Å². The van der Waals surface area contributed by atoms with Crippen molar-refractivity contribution in [1.29, 1.82) is 0 Å². The van der Waals surface area contributed by atoms with Crippen LogP contribution in [0, 0.1) is 0 Å². The minimum Gasteiger partial charge on any atom is -0.363 e. The third kappa shape index (κ3) is 7.16. The number of halogens is 1. The van der Waals surface area contributed by atoms with Gasteiger partial charge in [0.25, 0.3) is 5.91 Å². The fraction of sp³-hybridized carbons (Fsp3) is 0.455. The van der Waals surface area contributed by atoms with Crippen LogP contribution in [-0.2, 0) is 6.42 Å². The molecule has 1 aromatic carbocycles. The largest absolute Gasteiger partial charge is 0.363 e. The molecule has 164 valence electrons. The molecule has 0 aliphatic carbocycles. The Morgan fingerprint density at radius 2 is 2.03 bits per heavy atom. The maximum atomic E-state index is 11.8. The molecule has 0 saturated carbocycles. The fourth-order valence-electron chi connectivity index (χ4n) is 3.52. The van der Waals surface area contributed by atoms with Crippen molar-refractivity contribution in [2.24, 2.45) is 4.99 Å². The number of anilines is 1. The Morgan fingerprint density at radius 3 is 2.70 bits per heavy atom. The van der Waals surface area contributed by atoms with Gasteiger partial charge in [-0.05, 0) is 61.4 Å². The first-order valence-corrected chi connectivity index (χ1v) is 11.2. The first-order valence-electron chi connectivity index (χ1n) is 10.3. The lowest BCUT2D eigenvalue weighted by Crippen LogP contribution is -2.48. The number of nitrogens with one attached hydrogen (secondary N) is 3. The Hall–Kier alpha value is -1.81. The molecule has 3 N–H and O–H groups in total. The van der Waals surface area contributed by atoms with Crippen LogP contribution in [0.1, 0.15) is 35.7 Å². The van der Waals surface area contributed by atoms with Crippen molar-refractivity contribution in [2.45, 2.75) is 32.2 Å². The third-order valence-electron chi connectivity index (χ3n) is 5.08. The molecule has 6 nitrogen and oxygen atoms in total. The minimum absolute atomic E-state index is 0. The first-order chi connectivity index (χ1) is 14.2. The molecule has 0 spiro atoms. The molecule has 0 unspecified atom stereocenters. The smallest absolute Gasteiger partial charge is 0.251 e. The standard InChI is InChI=1S/C22H31N5OS.HI/c1-3-24-22(25-12-9-17-6-4-7-18(16-17)21(28)23-2)26-19-10-13-27(14-11-19)20-8-5-15-29-20;/h4-8,15-16,19H,3,9-14H2,1-2H3,(H,23,28)(H2,24,25,26);1H. The average molecular weight is 542 g/mol. The van der Waals surface area contributed by atoms with E-state index in [1.807, 2.05) is 35.6 Å². The molecular formula is C22H32IN5OS. The lowest BCUT2D eigenvalue weighted by atomic mass is 10.1. The summed E-state index contributed by atoms with van der Waals surface area (Å²) >= 11 is 1.81. The van der Waals surface area contributed by atoms with E-state index in [4.69, 9.17) is 4.99 Å². The first kappa shape index (κ1) is 24.5. The number of carbonyl (C=O) groups excluding carboxylic acids is 1. The average Bonchev–Trinajstić information content (AvgIpc) is 3.29. The lowest BCUT2D eigenvalue weighted by molar-refractivity contribution is 0.0963. The summed E-state index contributed by atoms with van der Waals surface area (Å²) in [6, 6.07) is 12.5.